The van der Waals surface area contributed by atoms with Crippen molar-refractivity contribution in [2.24, 2.45) is 5.92 Å². The van der Waals surface area contributed by atoms with E-state index in [4.69, 9.17) is 4.74 Å². The van der Waals surface area contributed by atoms with Gasteiger partial charge in [-0.2, -0.15) is 0 Å². The molecular weight excluding hydrogens is 240 g/mol. The maximum absolute atomic E-state index is 12.1. The van der Waals surface area contributed by atoms with Crippen molar-refractivity contribution in [2.75, 3.05) is 13.1 Å². The molecule has 112 valence electrons. The second kappa shape index (κ2) is 6.60. The molecular formula is C15H30N2O2. The fourth-order valence-corrected chi connectivity index (χ4v) is 2.34. The predicted molar refractivity (Wildman–Crippen MR) is 78.3 cm³/mol. The lowest BCUT2D eigenvalue weighted by atomic mass is 9.82. The molecule has 1 saturated carbocycles. The van der Waals surface area contributed by atoms with Gasteiger partial charge in [0.2, 0.25) is 0 Å². The first-order valence-corrected chi connectivity index (χ1v) is 7.42. The van der Waals surface area contributed by atoms with Gasteiger partial charge in [-0.05, 0) is 53.4 Å². The third-order valence-corrected chi connectivity index (χ3v) is 3.41. The van der Waals surface area contributed by atoms with Crippen LogP contribution in [0.25, 0.3) is 0 Å². The summed E-state index contributed by atoms with van der Waals surface area (Å²) >= 11 is 0. The maximum Gasteiger partial charge on any atom is 0.410 e. The van der Waals surface area contributed by atoms with E-state index in [0.717, 1.165) is 12.5 Å². The van der Waals surface area contributed by atoms with Crippen molar-refractivity contribution in [1.29, 1.82) is 0 Å². The number of nitrogens with one attached hydrogen (secondary N) is 1. The van der Waals surface area contributed by atoms with E-state index < -0.39 is 5.60 Å². The molecule has 0 spiro atoms. The van der Waals surface area contributed by atoms with Gasteiger partial charge in [0, 0.05) is 25.2 Å². The summed E-state index contributed by atoms with van der Waals surface area (Å²) < 4.78 is 5.44. The molecule has 0 atom stereocenters. The minimum absolute atomic E-state index is 0.164. The smallest absolute Gasteiger partial charge is 0.410 e. The predicted octanol–water partition coefficient (Wildman–Crippen LogP) is 3.02. The number of carbonyl (C=O) groups is 1. The molecule has 0 aromatic carbocycles. The van der Waals surface area contributed by atoms with Crippen molar-refractivity contribution in [2.45, 2.75) is 72.1 Å². The van der Waals surface area contributed by atoms with Crippen LogP contribution in [0.3, 0.4) is 0 Å². The molecule has 0 radical (unpaired) electrons. The summed E-state index contributed by atoms with van der Waals surface area (Å²) in [5.74, 6) is 0.851. The van der Waals surface area contributed by atoms with E-state index in [1.807, 2.05) is 34.6 Å². The lowest BCUT2D eigenvalue weighted by Crippen LogP contribution is -2.47. The van der Waals surface area contributed by atoms with Crippen LogP contribution in [-0.2, 0) is 4.74 Å². The fraction of sp³-hybridized carbons (Fsp3) is 0.933. The van der Waals surface area contributed by atoms with Gasteiger partial charge in [0.15, 0.2) is 0 Å². The van der Waals surface area contributed by atoms with Crippen LogP contribution in [0.15, 0.2) is 0 Å². The van der Waals surface area contributed by atoms with E-state index >= 15 is 0 Å². The molecule has 4 heteroatoms. The van der Waals surface area contributed by atoms with Gasteiger partial charge in [0.25, 0.3) is 0 Å². The molecule has 19 heavy (non-hydrogen) atoms. The van der Waals surface area contributed by atoms with Crippen LogP contribution in [-0.4, -0.2) is 41.8 Å². The standard InChI is InChI=1S/C15H30N2O2/c1-11(2)17(14(18)19-15(4,5)6)8-7-16-13-9-12(3)10-13/h11-13,16H,7-10H2,1-6H3. The third kappa shape index (κ3) is 5.81. The summed E-state index contributed by atoms with van der Waals surface area (Å²) in [5.41, 5.74) is -0.430. The first-order valence-electron chi connectivity index (χ1n) is 7.42. The Hall–Kier alpha value is -0.770. The summed E-state index contributed by atoms with van der Waals surface area (Å²) in [6, 6.07) is 0.805. The average Bonchev–Trinajstić information content (AvgIpc) is 2.17. The summed E-state index contributed by atoms with van der Waals surface area (Å²) in [6.45, 7) is 13.6. The topological polar surface area (TPSA) is 41.6 Å². The zero-order chi connectivity index (χ0) is 14.6. The Morgan fingerprint density at radius 2 is 1.95 bits per heavy atom. The lowest BCUT2D eigenvalue weighted by Gasteiger charge is -2.35. The Morgan fingerprint density at radius 3 is 2.37 bits per heavy atom. The van der Waals surface area contributed by atoms with E-state index in [2.05, 4.69) is 12.2 Å². The van der Waals surface area contributed by atoms with Gasteiger partial charge in [0.1, 0.15) is 5.60 Å². The summed E-state index contributed by atoms with van der Waals surface area (Å²) in [7, 11) is 0. The van der Waals surface area contributed by atoms with Gasteiger partial charge >= 0.3 is 6.09 Å². The van der Waals surface area contributed by atoms with E-state index in [1.165, 1.54) is 12.8 Å². The first-order chi connectivity index (χ1) is 8.69. The molecule has 1 aliphatic carbocycles. The van der Waals surface area contributed by atoms with Gasteiger partial charge in [-0.25, -0.2) is 4.79 Å². The number of nitrogens with zero attached hydrogens (tertiary/aromatic N) is 1. The Morgan fingerprint density at radius 1 is 1.37 bits per heavy atom. The van der Waals surface area contributed by atoms with Crippen LogP contribution >= 0.6 is 0 Å². The maximum atomic E-state index is 12.1. The highest BCUT2D eigenvalue weighted by Gasteiger charge is 2.26. The molecule has 0 unspecified atom stereocenters. The van der Waals surface area contributed by atoms with E-state index in [-0.39, 0.29) is 12.1 Å². The molecule has 0 aliphatic heterocycles. The number of carbonyl (C=O) groups excluding carboxylic acids is 1. The van der Waals surface area contributed by atoms with Crippen molar-refractivity contribution in [3.05, 3.63) is 0 Å². The van der Waals surface area contributed by atoms with Crippen molar-refractivity contribution in [3.63, 3.8) is 0 Å². The number of hydrogen-bond acceptors (Lipinski definition) is 3. The van der Waals surface area contributed by atoms with Crippen LogP contribution < -0.4 is 5.32 Å². The highest BCUT2D eigenvalue weighted by atomic mass is 16.6. The zero-order valence-corrected chi connectivity index (χ0v) is 13.3. The van der Waals surface area contributed by atoms with Crippen LogP contribution in [0.4, 0.5) is 4.79 Å². The Kier molecular flexibility index (Phi) is 5.65. The molecule has 0 saturated heterocycles. The van der Waals surface area contributed by atoms with Gasteiger partial charge in [-0.15, -0.1) is 0 Å². The Bertz CT molecular complexity index is 291. The SMILES string of the molecule is CC1CC(NCCN(C(=O)OC(C)(C)C)C(C)C)C1. The molecule has 1 fully saturated rings. The second-order valence-corrected chi connectivity index (χ2v) is 7.00. The van der Waals surface area contributed by atoms with Gasteiger partial charge in [-0.3, -0.25) is 0 Å². The summed E-state index contributed by atoms with van der Waals surface area (Å²) in [4.78, 5) is 13.9. The molecule has 4 nitrogen and oxygen atoms in total. The normalized spacial score (nSPS) is 23.1. The number of rotatable bonds is 5. The Labute approximate surface area is 117 Å². The largest absolute Gasteiger partial charge is 0.444 e. The summed E-state index contributed by atoms with van der Waals surface area (Å²) in [6.07, 6.45) is 2.30. The van der Waals surface area contributed by atoms with E-state index in [0.29, 0.717) is 12.6 Å². The van der Waals surface area contributed by atoms with Crippen molar-refractivity contribution in [1.82, 2.24) is 10.2 Å². The van der Waals surface area contributed by atoms with Crippen LogP contribution in [0, 0.1) is 5.92 Å². The monoisotopic (exact) mass is 270 g/mol. The molecule has 0 aromatic rings. The van der Waals surface area contributed by atoms with E-state index in [9.17, 15) is 4.79 Å². The zero-order valence-electron chi connectivity index (χ0n) is 13.3. The number of amides is 1. The van der Waals surface area contributed by atoms with Gasteiger partial charge in [0.05, 0.1) is 0 Å². The van der Waals surface area contributed by atoms with Crippen molar-refractivity contribution >= 4 is 6.09 Å². The molecule has 1 amide bonds. The van der Waals surface area contributed by atoms with Crippen LogP contribution in [0.1, 0.15) is 54.4 Å². The first kappa shape index (κ1) is 16.3. The Balaban J connectivity index is 2.33. The number of ether oxygens (including phenoxy) is 1. The van der Waals surface area contributed by atoms with Crippen LogP contribution in [0.2, 0.25) is 0 Å². The van der Waals surface area contributed by atoms with Crippen LogP contribution in [0.5, 0.6) is 0 Å². The summed E-state index contributed by atoms with van der Waals surface area (Å²) in [5, 5.41) is 3.50. The third-order valence-electron chi connectivity index (χ3n) is 3.41. The highest BCUT2D eigenvalue weighted by Crippen LogP contribution is 2.25. The van der Waals surface area contributed by atoms with Crippen molar-refractivity contribution in [3.8, 4) is 0 Å². The fourth-order valence-electron chi connectivity index (χ4n) is 2.34. The molecule has 0 heterocycles. The highest BCUT2D eigenvalue weighted by molar-refractivity contribution is 5.68. The number of hydrogen-bond donors (Lipinski definition) is 1. The molecule has 1 N–H and O–H groups in total. The average molecular weight is 270 g/mol. The quantitative estimate of drug-likeness (QED) is 0.835. The minimum Gasteiger partial charge on any atom is -0.444 e. The molecule has 0 aromatic heterocycles. The molecule has 1 aliphatic rings. The second-order valence-electron chi connectivity index (χ2n) is 7.00. The molecule has 0 bridgehead atoms. The van der Waals surface area contributed by atoms with Crippen molar-refractivity contribution < 1.29 is 9.53 Å². The van der Waals surface area contributed by atoms with E-state index in [1.54, 1.807) is 4.90 Å². The van der Waals surface area contributed by atoms with Gasteiger partial charge in [-0.1, -0.05) is 6.92 Å². The minimum atomic E-state index is -0.430. The molecule has 1 rings (SSSR count). The lowest BCUT2D eigenvalue weighted by molar-refractivity contribution is 0.0189. The van der Waals surface area contributed by atoms with Gasteiger partial charge < -0.3 is 15.0 Å².